The van der Waals surface area contributed by atoms with E-state index < -0.39 is 24.6 Å². The van der Waals surface area contributed by atoms with Crippen LogP contribution in [0.3, 0.4) is 0 Å². The van der Waals surface area contributed by atoms with Crippen molar-refractivity contribution >= 4 is 0 Å². The van der Waals surface area contributed by atoms with E-state index in [4.69, 9.17) is 10.8 Å². The molecular weight excluding hydrogens is 281 g/mol. The zero-order valence-corrected chi connectivity index (χ0v) is 14.3. The zero-order valence-electron chi connectivity index (χ0n) is 14.3. The van der Waals surface area contributed by atoms with Crippen LogP contribution in [0.4, 0.5) is 4.39 Å². The Kier molecular flexibility index (Phi) is 15.1. The maximum absolute atomic E-state index is 13.5. The molecule has 0 aliphatic carbocycles. The molecule has 0 aliphatic rings. The maximum atomic E-state index is 13.5. The average Bonchev–Trinajstić information content (AvgIpc) is 2.54. The quantitative estimate of drug-likeness (QED) is 0.396. The molecule has 0 radical (unpaired) electrons. The van der Waals surface area contributed by atoms with Crippen LogP contribution >= 0.6 is 0 Å². The molecule has 0 bridgehead atoms. The van der Waals surface area contributed by atoms with Crippen molar-refractivity contribution in [3.63, 3.8) is 0 Å². The molecule has 2 unspecified atom stereocenters. The minimum absolute atomic E-state index is 0.416. The fourth-order valence-electron chi connectivity index (χ4n) is 2.47. The highest BCUT2D eigenvalue weighted by Crippen LogP contribution is 2.14. The Labute approximate surface area is 135 Å². The van der Waals surface area contributed by atoms with Crippen molar-refractivity contribution in [1.29, 1.82) is 0 Å². The molecule has 0 aliphatic heterocycles. The Hall–Kier alpha value is -0.450. The highest BCUT2D eigenvalue weighted by atomic mass is 19.1. The van der Waals surface area contributed by atoms with Crippen LogP contribution in [0.25, 0.3) is 0 Å². The minimum Gasteiger partial charge on any atom is -0.395 e. The number of hydrogen-bond acceptors (Lipinski definition) is 3. The Morgan fingerprint density at radius 1 is 0.955 bits per heavy atom. The second-order valence-corrected chi connectivity index (χ2v) is 6.20. The van der Waals surface area contributed by atoms with Crippen LogP contribution in [0, 0.1) is 0 Å². The van der Waals surface area contributed by atoms with Crippen LogP contribution in [-0.2, 0) is 0 Å². The number of rotatable bonds is 15. The van der Waals surface area contributed by atoms with Crippen molar-refractivity contribution in [1.82, 2.24) is 0 Å². The number of hydrogen-bond donors (Lipinski definition) is 3. The Bertz CT molecular complexity index is 272. The molecule has 132 valence electrons. The predicted molar refractivity (Wildman–Crippen MR) is 91.3 cm³/mol. The van der Waals surface area contributed by atoms with E-state index in [-0.39, 0.29) is 0 Å². The van der Waals surface area contributed by atoms with Crippen LogP contribution in [0.5, 0.6) is 0 Å². The van der Waals surface area contributed by atoms with Crippen molar-refractivity contribution in [3.05, 3.63) is 11.9 Å². The summed E-state index contributed by atoms with van der Waals surface area (Å²) in [7, 11) is 0. The van der Waals surface area contributed by atoms with Gasteiger partial charge in [0.05, 0.1) is 12.6 Å². The first kappa shape index (κ1) is 21.6. The monoisotopic (exact) mass is 317 g/mol. The largest absolute Gasteiger partial charge is 0.395 e. The van der Waals surface area contributed by atoms with Gasteiger partial charge < -0.3 is 15.9 Å². The van der Waals surface area contributed by atoms with E-state index in [1.165, 1.54) is 63.9 Å². The number of aliphatic hydroxyl groups is 2. The van der Waals surface area contributed by atoms with Gasteiger partial charge in [-0.2, -0.15) is 0 Å². The first-order chi connectivity index (χ1) is 10.6. The van der Waals surface area contributed by atoms with Crippen LogP contribution in [-0.4, -0.2) is 29.0 Å². The van der Waals surface area contributed by atoms with E-state index in [1.54, 1.807) is 0 Å². The molecule has 0 aromatic heterocycles. The van der Waals surface area contributed by atoms with Crippen molar-refractivity contribution in [2.45, 2.75) is 96.1 Å². The Morgan fingerprint density at radius 2 is 1.41 bits per heavy atom. The van der Waals surface area contributed by atoms with Gasteiger partial charge in [0.2, 0.25) is 0 Å². The molecule has 0 heterocycles. The summed E-state index contributed by atoms with van der Waals surface area (Å²) in [5.41, 5.74) is 5.37. The van der Waals surface area contributed by atoms with Gasteiger partial charge in [0.15, 0.2) is 0 Å². The summed E-state index contributed by atoms with van der Waals surface area (Å²) in [4.78, 5) is 0. The molecule has 0 saturated carbocycles. The summed E-state index contributed by atoms with van der Waals surface area (Å²) in [6.45, 7) is 1.82. The van der Waals surface area contributed by atoms with Crippen molar-refractivity contribution in [3.8, 4) is 0 Å². The van der Waals surface area contributed by atoms with Gasteiger partial charge in [-0.3, -0.25) is 0 Å². The summed E-state index contributed by atoms with van der Waals surface area (Å²) < 4.78 is 13.5. The third-order valence-corrected chi connectivity index (χ3v) is 4.05. The third kappa shape index (κ3) is 12.1. The second-order valence-electron chi connectivity index (χ2n) is 6.20. The van der Waals surface area contributed by atoms with Crippen molar-refractivity contribution in [2.24, 2.45) is 5.73 Å². The lowest BCUT2D eigenvalue weighted by Crippen LogP contribution is -2.38. The van der Waals surface area contributed by atoms with E-state index in [0.29, 0.717) is 6.42 Å². The van der Waals surface area contributed by atoms with Gasteiger partial charge in [0.25, 0.3) is 0 Å². The Morgan fingerprint density at radius 3 is 1.86 bits per heavy atom. The summed E-state index contributed by atoms with van der Waals surface area (Å²) in [5.74, 6) is -0.617. The molecule has 3 nitrogen and oxygen atoms in total. The minimum atomic E-state index is -1.38. The van der Waals surface area contributed by atoms with Gasteiger partial charge >= 0.3 is 0 Å². The average molecular weight is 317 g/mol. The zero-order chi connectivity index (χ0) is 16.6. The third-order valence-electron chi connectivity index (χ3n) is 4.05. The van der Waals surface area contributed by atoms with Crippen molar-refractivity contribution < 1.29 is 14.6 Å². The van der Waals surface area contributed by atoms with Crippen LogP contribution in [0.2, 0.25) is 0 Å². The van der Waals surface area contributed by atoms with Gasteiger partial charge in [-0.25, -0.2) is 4.39 Å². The van der Waals surface area contributed by atoms with Crippen molar-refractivity contribution in [2.75, 3.05) is 6.61 Å². The standard InChI is InChI=1S/C18H36FNO2/c1-2-3-4-5-6-7-8-9-10-11-12-13-14-16(19)18(22)17(20)15-21/h14,17-18,21-22H,2-13,15,20H2,1H3. The molecule has 4 heteroatoms. The van der Waals surface area contributed by atoms with Crippen LogP contribution in [0.15, 0.2) is 11.9 Å². The molecular formula is C18H36FNO2. The summed E-state index contributed by atoms with van der Waals surface area (Å²) in [6, 6.07) is -0.937. The fourth-order valence-corrected chi connectivity index (χ4v) is 2.47. The van der Waals surface area contributed by atoms with Gasteiger partial charge in [0, 0.05) is 0 Å². The summed E-state index contributed by atoms with van der Waals surface area (Å²) in [6.07, 6.45) is 14.6. The number of halogens is 1. The van der Waals surface area contributed by atoms with Gasteiger partial charge in [-0.15, -0.1) is 0 Å². The highest BCUT2D eigenvalue weighted by Gasteiger charge is 2.17. The first-order valence-corrected chi connectivity index (χ1v) is 9.03. The number of nitrogens with two attached hydrogens (primary N) is 1. The highest BCUT2D eigenvalue weighted by molar-refractivity contribution is 5.02. The molecule has 0 aromatic carbocycles. The topological polar surface area (TPSA) is 66.5 Å². The van der Waals surface area contributed by atoms with E-state index in [2.05, 4.69) is 6.92 Å². The SMILES string of the molecule is CCCCCCCCCCCCCC=C(F)C(O)C(N)CO. The lowest BCUT2D eigenvalue weighted by atomic mass is 10.0. The van der Waals surface area contributed by atoms with E-state index >= 15 is 0 Å². The molecule has 0 saturated heterocycles. The fraction of sp³-hybridized carbons (Fsp3) is 0.889. The molecule has 0 aromatic rings. The molecule has 0 fully saturated rings. The Balaban J connectivity index is 3.39. The van der Waals surface area contributed by atoms with Crippen LogP contribution in [0.1, 0.15) is 84.0 Å². The molecule has 0 rings (SSSR count). The number of unbranched alkanes of at least 4 members (excludes halogenated alkanes) is 11. The van der Waals surface area contributed by atoms with Crippen LogP contribution < -0.4 is 5.73 Å². The normalized spacial score (nSPS) is 15.0. The van der Waals surface area contributed by atoms with Gasteiger partial charge in [-0.1, -0.05) is 77.2 Å². The molecule has 22 heavy (non-hydrogen) atoms. The lowest BCUT2D eigenvalue weighted by Gasteiger charge is -2.14. The maximum Gasteiger partial charge on any atom is 0.126 e. The first-order valence-electron chi connectivity index (χ1n) is 9.03. The molecule has 2 atom stereocenters. The van der Waals surface area contributed by atoms with Gasteiger partial charge in [-0.05, 0) is 12.8 Å². The van der Waals surface area contributed by atoms with Gasteiger partial charge in [0.1, 0.15) is 11.9 Å². The smallest absolute Gasteiger partial charge is 0.126 e. The molecule has 4 N–H and O–H groups in total. The summed E-state index contributed by atoms with van der Waals surface area (Å²) >= 11 is 0. The molecule has 0 spiro atoms. The van der Waals surface area contributed by atoms with E-state index in [1.807, 2.05) is 0 Å². The number of allylic oxidation sites excluding steroid dienone is 1. The lowest BCUT2D eigenvalue weighted by molar-refractivity contribution is 0.117. The number of aliphatic hydroxyl groups excluding tert-OH is 2. The predicted octanol–water partition coefficient (Wildman–Crippen LogP) is 4.22. The molecule has 0 amide bonds. The summed E-state index contributed by atoms with van der Waals surface area (Å²) in [5, 5.41) is 18.2. The van der Waals surface area contributed by atoms with E-state index in [0.717, 1.165) is 12.8 Å². The second kappa shape index (κ2) is 15.4. The van der Waals surface area contributed by atoms with E-state index in [9.17, 15) is 9.50 Å².